The first-order valence-electron chi connectivity index (χ1n) is 6.76. The average Bonchev–Trinajstić information content (AvgIpc) is 2.92. The first kappa shape index (κ1) is 16.4. The topological polar surface area (TPSA) is 132 Å². The highest BCUT2D eigenvalue weighted by Crippen LogP contribution is 2.19. The first-order valence-corrected chi connectivity index (χ1v) is 6.76. The molecule has 4 atom stereocenters. The Morgan fingerprint density at radius 2 is 1.95 bits per heavy atom. The van der Waals surface area contributed by atoms with Gasteiger partial charge in [0.1, 0.15) is 30.1 Å². The molecule has 5 N–H and O–H groups in total. The quantitative estimate of drug-likeness (QED) is 0.331. The third kappa shape index (κ3) is 3.80. The molecule has 2 rings (SSSR count). The number of hydrogen-bond donors (Lipinski definition) is 5. The molecule has 0 spiro atoms. The van der Waals surface area contributed by atoms with Crippen LogP contribution in [0.4, 0.5) is 5.69 Å². The normalized spacial score (nSPS) is 23.9. The van der Waals surface area contributed by atoms with Crippen LogP contribution in [0.5, 0.6) is 0 Å². The number of anilines is 1. The van der Waals surface area contributed by atoms with Gasteiger partial charge in [0.05, 0.1) is 12.3 Å². The van der Waals surface area contributed by atoms with E-state index < -0.39 is 37.0 Å². The van der Waals surface area contributed by atoms with Crippen molar-refractivity contribution < 1.29 is 30.0 Å². The molecule has 1 aliphatic heterocycles. The van der Waals surface area contributed by atoms with Crippen molar-refractivity contribution in [3.8, 4) is 0 Å². The highest BCUT2D eigenvalue weighted by Gasteiger charge is 2.40. The number of para-hydroxylation sites is 1. The molecule has 1 saturated heterocycles. The maximum atomic E-state index is 11.7. The van der Waals surface area contributed by atoms with E-state index in [1.165, 1.54) is 0 Å². The van der Waals surface area contributed by atoms with Gasteiger partial charge < -0.3 is 25.2 Å². The number of benzene rings is 1. The number of aliphatic hydroxyl groups excluding tert-OH is 4. The highest BCUT2D eigenvalue weighted by molar-refractivity contribution is 6.38. The molecule has 8 heteroatoms. The number of carbonyl (C=O) groups excluding carboxylic acids is 1. The second-order valence-corrected chi connectivity index (χ2v) is 4.92. The summed E-state index contributed by atoms with van der Waals surface area (Å²) in [4.78, 5) is 11.7. The lowest BCUT2D eigenvalue weighted by molar-refractivity contribution is -0.152. The van der Waals surface area contributed by atoms with Crippen LogP contribution in [0.15, 0.2) is 35.4 Å². The van der Waals surface area contributed by atoms with Crippen LogP contribution in [0.25, 0.3) is 0 Å². The molecule has 0 aliphatic carbocycles. The minimum Gasteiger partial charge on any atom is -0.455 e. The van der Waals surface area contributed by atoms with Crippen molar-refractivity contribution in [3.63, 3.8) is 0 Å². The van der Waals surface area contributed by atoms with Crippen molar-refractivity contribution in [2.24, 2.45) is 5.10 Å². The maximum Gasteiger partial charge on any atom is 0.355 e. The zero-order valence-corrected chi connectivity index (χ0v) is 11.7. The van der Waals surface area contributed by atoms with Crippen LogP contribution in [0.2, 0.25) is 0 Å². The molecule has 22 heavy (non-hydrogen) atoms. The van der Waals surface area contributed by atoms with E-state index >= 15 is 0 Å². The van der Waals surface area contributed by atoms with E-state index in [2.05, 4.69) is 10.5 Å². The Bertz CT molecular complexity index is 535. The zero-order chi connectivity index (χ0) is 16.1. The smallest absolute Gasteiger partial charge is 0.355 e. The fraction of sp³-hybridized carbons (Fsp3) is 0.429. The van der Waals surface area contributed by atoms with Crippen LogP contribution in [0, 0.1) is 0 Å². The molecule has 1 aromatic rings. The highest BCUT2D eigenvalue weighted by atomic mass is 16.6. The van der Waals surface area contributed by atoms with Gasteiger partial charge >= 0.3 is 5.97 Å². The minimum absolute atomic E-state index is 0.0188. The van der Waals surface area contributed by atoms with Gasteiger partial charge in [-0.25, -0.2) is 4.79 Å². The molecule has 0 saturated carbocycles. The molecule has 0 aromatic heterocycles. The summed E-state index contributed by atoms with van der Waals surface area (Å²) in [5.41, 5.74) is 3.44. The standard InChI is InChI=1S/C14H18N2O6/c17-7-10(18)12(19)13(20)11-6-9(14(21)22-11)16-15-8-4-2-1-3-5-8/h1-5,10-13,15,17-20H,6-7H2/b16-9+/t10-,11-,12-,13-/m1/s1. The maximum absolute atomic E-state index is 11.7. The second kappa shape index (κ2) is 7.32. The van der Waals surface area contributed by atoms with Crippen molar-refractivity contribution in [1.29, 1.82) is 0 Å². The van der Waals surface area contributed by atoms with E-state index in [-0.39, 0.29) is 12.1 Å². The molecule has 0 bridgehead atoms. The Morgan fingerprint density at radius 1 is 1.27 bits per heavy atom. The van der Waals surface area contributed by atoms with Crippen LogP contribution >= 0.6 is 0 Å². The predicted molar refractivity (Wildman–Crippen MR) is 77.1 cm³/mol. The lowest BCUT2D eigenvalue weighted by atomic mass is 10.0. The largest absolute Gasteiger partial charge is 0.455 e. The summed E-state index contributed by atoms with van der Waals surface area (Å²) in [6.45, 7) is -0.713. The van der Waals surface area contributed by atoms with E-state index in [9.17, 15) is 20.1 Å². The number of ether oxygens (including phenoxy) is 1. The molecule has 0 radical (unpaired) electrons. The van der Waals surface area contributed by atoms with Crippen molar-refractivity contribution in [1.82, 2.24) is 0 Å². The molecular weight excluding hydrogens is 292 g/mol. The number of cyclic esters (lactones) is 1. The van der Waals surface area contributed by atoms with Gasteiger partial charge in [-0.05, 0) is 12.1 Å². The summed E-state index contributed by atoms with van der Waals surface area (Å²) >= 11 is 0. The molecule has 1 fully saturated rings. The summed E-state index contributed by atoms with van der Waals surface area (Å²) in [6.07, 6.45) is -5.70. The van der Waals surface area contributed by atoms with Gasteiger partial charge in [0, 0.05) is 6.42 Å². The number of esters is 1. The number of aliphatic hydroxyl groups is 4. The number of rotatable bonds is 6. The van der Waals surface area contributed by atoms with Crippen LogP contribution in [-0.2, 0) is 9.53 Å². The van der Waals surface area contributed by atoms with Gasteiger partial charge in [0.15, 0.2) is 0 Å². The van der Waals surface area contributed by atoms with Gasteiger partial charge in [0.25, 0.3) is 0 Å². The minimum atomic E-state index is -1.62. The van der Waals surface area contributed by atoms with Crippen LogP contribution < -0.4 is 5.43 Å². The lowest BCUT2D eigenvalue weighted by Crippen LogP contribution is -2.45. The van der Waals surface area contributed by atoms with E-state index in [1.54, 1.807) is 24.3 Å². The lowest BCUT2D eigenvalue weighted by Gasteiger charge is -2.24. The van der Waals surface area contributed by atoms with Crippen molar-refractivity contribution in [3.05, 3.63) is 30.3 Å². The number of nitrogens with one attached hydrogen (secondary N) is 1. The van der Waals surface area contributed by atoms with Crippen LogP contribution in [-0.4, -0.2) is 63.1 Å². The van der Waals surface area contributed by atoms with Crippen molar-refractivity contribution in [2.75, 3.05) is 12.0 Å². The summed E-state index contributed by atoms with van der Waals surface area (Å²) < 4.78 is 4.93. The second-order valence-electron chi connectivity index (χ2n) is 4.92. The Labute approximate surface area is 126 Å². The fourth-order valence-electron chi connectivity index (χ4n) is 2.00. The summed E-state index contributed by atoms with van der Waals surface area (Å²) in [7, 11) is 0. The fourth-order valence-corrected chi connectivity index (χ4v) is 2.00. The number of hydrazone groups is 1. The first-order chi connectivity index (χ1) is 10.5. The van der Waals surface area contributed by atoms with E-state index in [0.717, 1.165) is 0 Å². The Morgan fingerprint density at radius 3 is 2.59 bits per heavy atom. The Kier molecular flexibility index (Phi) is 5.45. The Hall–Kier alpha value is -2.00. The summed E-state index contributed by atoms with van der Waals surface area (Å²) in [6, 6.07) is 8.96. The van der Waals surface area contributed by atoms with Crippen molar-refractivity contribution >= 4 is 17.4 Å². The van der Waals surface area contributed by atoms with Crippen molar-refractivity contribution in [2.45, 2.75) is 30.8 Å². The molecule has 120 valence electrons. The summed E-state index contributed by atoms with van der Waals surface area (Å²) in [5.74, 6) is -0.710. The molecule has 8 nitrogen and oxygen atoms in total. The molecule has 1 aliphatic rings. The third-order valence-electron chi connectivity index (χ3n) is 3.29. The van der Waals surface area contributed by atoms with E-state index in [4.69, 9.17) is 9.84 Å². The SMILES string of the molecule is O=C1O[C@@H]([C@@H](O)[C@H](O)[C@H](O)CO)C/C1=N\Nc1ccccc1. The average molecular weight is 310 g/mol. The number of hydrogen-bond acceptors (Lipinski definition) is 8. The third-order valence-corrected chi connectivity index (χ3v) is 3.29. The van der Waals surface area contributed by atoms with Crippen LogP contribution in [0.3, 0.4) is 0 Å². The zero-order valence-electron chi connectivity index (χ0n) is 11.7. The predicted octanol–water partition coefficient (Wildman–Crippen LogP) is -1.15. The van der Waals surface area contributed by atoms with Gasteiger partial charge in [-0.1, -0.05) is 18.2 Å². The molecular formula is C14H18N2O6. The van der Waals surface area contributed by atoms with Gasteiger partial charge in [-0.3, -0.25) is 5.43 Å². The molecule has 1 aromatic carbocycles. The monoisotopic (exact) mass is 310 g/mol. The van der Waals surface area contributed by atoms with E-state index in [0.29, 0.717) is 5.69 Å². The molecule has 1 heterocycles. The van der Waals surface area contributed by atoms with Gasteiger partial charge in [-0.15, -0.1) is 0 Å². The summed E-state index contributed by atoms with van der Waals surface area (Å²) in [5, 5.41) is 41.5. The van der Waals surface area contributed by atoms with Gasteiger partial charge in [0.2, 0.25) is 0 Å². The van der Waals surface area contributed by atoms with Gasteiger partial charge in [-0.2, -0.15) is 5.10 Å². The molecule has 0 unspecified atom stereocenters. The number of carbonyl (C=O) groups is 1. The van der Waals surface area contributed by atoms with Crippen LogP contribution in [0.1, 0.15) is 6.42 Å². The van der Waals surface area contributed by atoms with E-state index in [1.807, 2.05) is 6.07 Å². The molecule has 0 amide bonds. The Balaban J connectivity index is 1.98. The number of nitrogens with zero attached hydrogens (tertiary/aromatic N) is 1.